The highest BCUT2D eigenvalue weighted by Crippen LogP contribution is 2.42. The van der Waals surface area contributed by atoms with Gasteiger partial charge in [0.05, 0.1) is 39.6 Å². The average Bonchev–Trinajstić information content (AvgIpc) is 3.32. The molecule has 0 radical (unpaired) electrons. The van der Waals surface area contributed by atoms with Crippen molar-refractivity contribution in [3.63, 3.8) is 0 Å². The number of halogens is 1. The maximum Gasteiger partial charge on any atom is 0.238 e. The molecule has 1 atom stereocenters. The summed E-state index contributed by atoms with van der Waals surface area (Å²) in [7, 11) is 4.84. The van der Waals surface area contributed by atoms with Crippen molar-refractivity contribution in [2.75, 3.05) is 39.7 Å². The van der Waals surface area contributed by atoms with E-state index in [0.717, 1.165) is 24.3 Å². The highest BCUT2D eigenvalue weighted by atomic mass is 35.5. The summed E-state index contributed by atoms with van der Waals surface area (Å²) >= 11 is 7.79. The molecule has 0 saturated heterocycles. The van der Waals surface area contributed by atoms with E-state index in [9.17, 15) is 4.79 Å². The van der Waals surface area contributed by atoms with Gasteiger partial charge >= 0.3 is 0 Å². The molecule has 0 aliphatic carbocycles. The van der Waals surface area contributed by atoms with Crippen molar-refractivity contribution >= 4 is 34.5 Å². The van der Waals surface area contributed by atoms with Crippen molar-refractivity contribution < 1.29 is 19.0 Å². The number of fused-ring (bicyclic) bond motifs is 1. The molecule has 0 fully saturated rings. The zero-order valence-electron chi connectivity index (χ0n) is 18.2. The summed E-state index contributed by atoms with van der Waals surface area (Å²) in [5.41, 5.74) is 2.89. The van der Waals surface area contributed by atoms with Gasteiger partial charge in [0.1, 0.15) is 5.75 Å². The van der Waals surface area contributed by atoms with Crippen LogP contribution in [0, 0.1) is 0 Å². The fourth-order valence-corrected chi connectivity index (χ4v) is 5.15. The van der Waals surface area contributed by atoms with Gasteiger partial charge in [-0.1, -0.05) is 17.7 Å². The zero-order valence-corrected chi connectivity index (χ0v) is 19.8. The summed E-state index contributed by atoms with van der Waals surface area (Å²) in [6, 6.07) is 13.3. The highest BCUT2D eigenvalue weighted by Gasteiger charge is 2.32. The molecule has 1 aliphatic heterocycles. The van der Waals surface area contributed by atoms with Crippen LogP contribution in [0.2, 0.25) is 5.02 Å². The monoisotopic (exact) mass is 472 g/mol. The molecule has 0 bridgehead atoms. The van der Waals surface area contributed by atoms with Crippen molar-refractivity contribution in [3.05, 3.63) is 68.9 Å². The predicted octanol–water partition coefficient (Wildman–Crippen LogP) is 5.01. The van der Waals surface area contributed by atoms with Crippen LogP contribution in [0.15, 0.2) is 47.8 Å². The Labute approximate surface area is 196 Å². The largest absolute Gasteiger partial charge is 0.495 e. The van der Waals surface area contributed by atoms with E-state index < -0.39 is 0 Å². The summed E-state index contributed by atoms with van der Waals surface area (Å²) in [5, 5.41) is 5.54. The Morgan fingerprint density at radius 1 is 1.09 bits per heavy atom. The summed E-state index contributed by atoms with van der Waals surface area (Å²) in [6.07, 6.45) is 0.811. The number of carbonyl (C=O) groups is 1. The number of hydrogen-bond acceptors (Lipinski definition) is 6. The molecule has 1 aromatic heterocycles. The Morgan fingerprint density at radius 3 is 2.53 bits per heavy atom. The fraction of sp³-hybridized carbons (Fsp3) is 0.292. The minimum atomic E-state index is -0.129. The molecular weight excluding hydrogens is 448 g/mol. The summed E-state index contributed by atoms with van der Waals surface area (Å²) in [5.74, 6) is 1.84. The number of carbonyl (C=O) groups excluding carboxylic acids is 1. The molecule has 32 heavy (non-hydrogen) atoms. The first kappa shape index (κ1) is 22.5. The molecule has 2 aromatic carbocycles. The number of hydrogen-bond donors (Lipinski definition) is 1. The highest BCUT2D eigenvalue weighted by molar-refractivity contribution is 7.10. The molecule has 3 aromatic rings. The lowest BCUT2D eigenvalue weighted by molar-refractivity contribution is -0.117. The third kappa shape index (κ3) is 4.55. The molecule has 1 aliphatic rings. The molecular formula is C24H25ClN2O4S. The third-order valence-corrected chi connectivity index (χ3v) is 6.73. The number of thiophene rings is 1. The maximum atomic E-state index is 13.0. The van der Waals surface area contributed by atoms with Crippen LogP contribution in [0.5, 0.6) is 17.2 Å². The van der Waals surface area contributed by atoms with Gasteiger partial charge in [-0.2, -0.15) is 0 Å². The quantitative estimate of drug-likeness (QED) is 0.523. The second kappa shape index (κ2) is 9.81. The Bertz CT molecular complexity index is 1100. The van der Waals surface area contributed by atoms with Crippen LogP contribution in [0.4, 0.5) is 5.69 Å². The normalized spacial score (nSPS) is 15.7. The van der Waals surface area contributed by atoms with Gasteiger partial charge in [-0.05, 0) is 59.3 Å². The topological polar surface area (TPSA) is 60.0 Å². The van der Waals surface area contributed by atoms with Gasteiger partial charge in [-0.15, -0.1) is 11.3 Å². The van der Waals surface area contributed by atoms with Crippen molar-refractivity contribution in [1.29, 1.82) is 0 Å². The van der Waals surface area contributed by atoms with Crippen LogP contribution < -0.4 is 19.5 Å². The number of nitrogens with zero attached hydrogens (tertiary/aromatic N) is 1. The second-order valence-electron chi connectivity index (χ2n) is 7.44. The fourth-order valence-electron chi connectivity index (χ4n) is 4.10. The third-order valence-electron chi connectivity index (χ3n) is 5.57. The molecule has 2 heterocycles. The van der Waals surface area contributed by atoms with Gasteiger partial charge in [0.15, 0.2) is 11.5 Å². The smallest absolute Gasteiger partial charge is 0.238 e. The number of rotatable bonds is 7. The van der Waals surface area contributed by atoms with Gasteiger partial charge in [-0.3, -0.25) is 9.69 Å². The van der Waals surface area contributed by atoms with Gasteiger partial charge < -0.3 is 19.5 Å². The Balaban J connectivity index is 1.63. The van der Waals surface area contributed by atoms with E-state index in [1.54, 1.807) is 50.9 Å². The van der Waals surface area contributed by atoms with Crippen molar-refractivity contribution in [2.45, 2.75) is 12.5 Å². The number of anilines is 1. The van der Waals surface area contributed by atoms with E-state index in [1.807, 2.05) is 18.2 Å². The van der Waals surface area contributed by atoms with Gasteiger partial charge in [0.25, 0.3) is 0 Å². The van der Waals surface area contributed by atoms with E-state index in [2.05, 4.69) is 21.7 Å². The van der Waals surface area contributed by atoms with E-state index in [-0.39, 0.29) is 18.5 Å². The molecule has 0 saturated carbocycles. The van der Waals surface area contributed by atoms with Gasteiger partial charge in [-0.25, -0.2) is 0 Å². The molecule has 6 nitrogen and oxygen atoms in total. The van der Waals surface area contributed by atoms with Crippen molar-refractivity contribution in [1.82, 2.24) is 4.90 Å². The Hall–Kier alpha value is -2.74. The van der Waals surface area contributed by atoms with E-state index in [4.69, 9.17) is 25.8 Å². The van der Waals surface area contributed by atoms with Crippen molar-refractivity contribution in [2.24, 2.45) is 0 Å². The second-order valence-corrected chi connectivity index (χ2v) is 8.85. The minimum Gasteiger partial charge on any atom is -0.495 e. The average molecular weight is 473 g/mol. The van der Waals surface area contributed by atoms with Crippen molar-refractivity contribution in [3.8, 4) is 17.2 Å². The minimum absolute atomic E-state index is 0.0504. The Kier molecular flexibility index (Phi) is 6.89. The van der Waals surface area contributed by atoms with Crippen LogP contribution in [0.3, 0.4) is 0 Å². The van der Waals surface area contributed by atoms with E-state index in [1.165, 1.54) is 10.4 Å². The first-order valence-electron chi connectivity index (χ1n) is 10.2. The lowest BCUT2D eigenvalue weighted by Crippen LogP contribution is -2.41. The van der Waals surface area contributed by atoms with Crippen LogP contribution in [-0.4, -0.2) is 45.2 Å². The number of ether oxygens (including phenoxy) is 3. The van der Waals surface area contributed by atoms with Crippen LogP contribution in [0.25, 0.3) is 0 Å². The molecule has 4 rings (SSSR count). The van der Waals surface area contributed by atoms with Gasteiger partial charge in [0.2, 0.25) is 5.91 Å². The maximum absolute atomic E-state index is 13.0. The number of benzene rings is 2. The molecule has 1 amide bonds. The lowest BCUT2D eigenvalue weighted by atomic mass is 9.91. The zero-order chi connectivity index (χ0) is 22.7. The predicted molar refractivity (Wildman–Crippen MR) is 128 cm³/mol. The summed E-state index contributed by atoms with van der Waals surface area (Å²) in [6.45, 7) is 0.969. The molecule has 168 valence electrons. The first-order chi connectivity index (χ1) is 15.5. The summed E-state index contributed by atoms with van der Waals surface area (Å²) in [4.78, 5) is 16.4. The Morgan fingerprint density at radius 2 is 1.84 bits per heavy atom. The number of amides is 1. The molecule has 1 N–H and O–H groups in total. The molecule has 0 unspecified atom stereocenters. The van der Waals surface area contributed by atoms with Crippen LogP contribution in [-0.2, 0) is 11.2 Å². The van der Waals surface area contributed by atoms with Crippen LogP contribution in [0.1, 0.15) is 22.0 Å². The van der Waals surface area contributed by atoms with E-state index >= 15 is 0 Å². The number of nitrogens with one attached hydrogen (secondary N) is 1. The van der Waals surface area contributed by atoms with Crippen LogP contribution >= 0.6 is 22.9 Å². The standard InChI is InChI=1S/C24H25ClN2O4S/c1-29-19-7-6-16(25)12-18(19)26-23(28)14-27-9-8-15-11-20(30-2)21(31-3)13-17(15)24(27)22-5-4-10-32-22/h4-7,10-13,24H,8-9,14H2,1-3H3,(H,26,28)/t24-/m0/s1. The van der Waals surface area contributed by atoms with E-state index in [0.29, 0.717) is 22.2 Å². The number of methoxy groups -OCH3 is 3. The SMILES string of the molecule is COc1ccc(Cl)cc1NC(=O)CN1CCc2cc(OC)c(OC)cc2[C@H]1c1cccs1. The molecule has 8 heteroatoms. The molecule has 0 spiro atoms. The lowest BCUT2D eigenvalue weighted by Gasteiger charge is -2.37. The van der Waals surface area contributed by atoms with Gasteiger partial charge in [0, 0.05) is 16.4 Å². The summed E-state index contributed by atoms with van der Waals surface area (Å²) < 4.78 is 16.4. The first-order valence-corrected chi connectivity index (χ1v) is 11.5.